The second kappa shape index (κ2) is 6.92. The van der Waals surface area contributed by atoms with Gasteiger partial charge in [-0.1, -0.05) is 30.2 Å². The summed E-state index contributed by atoms with van der Waals surface area (Å²) in [6.07, 6.45) is 7.86. The Morgan fingerprint density at radius 1 is 1.44 bits per heavy atom. The summed E-state index contributed by atoms with van der Waals surface area (Å²) in [6.45, 7) is 5.57. The third-order valence-corrected chi connectivity index (χ3v) is 5.67. The summed E-state index contributed by atoms with van der Waals surface area (Å²) in [5.74, 6) is 0.389. The van der Waals surface area contributed by atoms with E-state index in [9.17, 15) is 14.4 Å². The number of primary amides is 1. The molecule has 0 spiro atoms. The predicted molar refractivity (Wildman–Crippen MR) is 103 cm³/mol. The molecule has 140 valence electrons. The Bertz CT molecular complexity index is 856. The third kappa shape index (κ3) is 2.71. The Hall–Kier alpha value is -3.07. The Labute approximate surface area is 159 Å². The lowest BCUT2D eigenvalue weighted by atomic mass is 9.72. The number of nitrogens with two attached hydrogens (primary N) is 1. The molecular formula is C21H23N3O3. The van der Waals surface area contributed by atoms with Crippen molar-refractivity contribution in [2.45, 2.75) is 31.2 Å². The highest BCUT2D eigenvalue weighted by molar-refractivity contribution is 6.07. The van der Waals surface area contributed by atoms with Crippen molar-refractivity contribution < 1.29 is 14.4 Å². The van der Waals surface area contributed by atoms with Gasteiger partial charge in [0.05, 0.1) is 12.5 Å². The third-order valence-electron chi connectivity index (χ3n) is 5.67. The number of terminal acetylenes is 1. The van der Waals surface area contributed by atoms with Gasteiger partial charge in [-0.2, -0.15) is 0 Å². The summed E-state index contributed by atoms with van der Waals surface area (Å²) in [5, 5.41) is 0. The van der Waals surface area contributed by atoms with E-state index in [1.165, 1.54) is 9.80 Å². The summed E-state index contributed by atoms with van der Waals surface area (Å²) in [5.41, 5.74) is 5.96. The van der Waals surface area contributed by atoms with Gasteiger partial charge in [0, 0.05) is 24.6 Å². The van der Waals surface area contributed by atoms with Gasteiger partial charge in [-0.3, -0.25) is 19.3 Å². The van der Waals surface area contributed by atoms with Gasteiger partial charge in [-0.05, 0) is 25.0 Å². The number of anilines is 1. The fourth-order valence-corrected chi connectivity index (χ4v) is 4.42. The number of benzene rings is 1. The van der Waals surface area contributed by atoms with Crippen LogP contribution in [0.15, 0.2) is 36.9 Å². The second-order valence-corrected chi connectivity index (χ2v) is 7.12. The van der Waals surface area contributed by atoms with Crippen molar-refractivity contribution in [3.05, 3.63) is 42.5 Å². The minimum Gasteiger partial charge on any atom is -0.369 e. The fourth-order valence-electron chi connectivity index (χ4n) is 4.42. The van der Waals surface area contributed by atoms with E-state index < -0.39 is 23.3 Å². The van der Waals surface area contributed by atoms with Gasteiger partial charge in [0.15, 0.2) is 0 Å². The number of fused-ring (bicyclic) bond motifs is 3. The summed E-state index contributed by atoms with van der Waals surface area (Å²) < 4.78 is 0. The van der Waals surface area contributed by atoms with Crippen LogP contribution in [0.2, 0.25) is 0 Å². The number of amides is 3. The van der Waals surface area contributed by atoms with E-state index in [4.69, 9.17) is 12.2 Å². The maximum absolute atomic E-state index is 13.5. The number of rotatable bonds is 5. The van der Waals surface area contributed by atoms with Crippen LogP contribution >= 0.6 is 0 Å². The molecule has 2 N–H and O–H groups in total. The van der Waals surface area contributed by atoms with Crippen molar-refractivity contribution in [2.75, 3.05) is 18.0 Å². The van der Waals surface area contributed by atoms with Crippen LogP contribution in [0.5, 0.6) is 0 Å². The molecule has 0 saturated carbocycles. The lowest BCUT2D eigenvalue weighted by Gasteiger charge is -2.46. The van der Waals surface area contributed by atoms with Gasteiger partial charge in [-0.25, -0.2) is 0 Å². The highest BCUT2D eigenvalue weighted by Crippen LogP contribution is 2.52. The molecule has 0 unspecified atom stereocenters. The van der Waals surface area contributed by atoms with E-state index in [1.54, 1.807) is 13.0 Å². The molecule has 0 radical (unpaired) electrons. The zero-order valence-corrected chi connectivity index (χ0v) is 15.4. The smallest absolute Gasteiger partial charge is 0.254 e. The number of allylic oxidation sites excluding steroid dienone is 1. The van der Waals surface area contributed by atoms with Crippen LogP contribution in [0.4, 0.5) is 5.69 Å². The molecule has 2 heterocycles. The molecule has 1 aromatic carbocycles. The first-order valence-electron chi connectivity index (χ1n) is 8.93. The lowest BCUT2D eigenvalue weighted by molar-refractivity contribution is -0.143. The minimum absolute atomic E-state index is 0.0914. The molecule has 1 saturated heterocycles. The van der Waals surface area contributed by atoms with Crippen LogP contribution in [-0.2, 0) is 14.4 Å². The molecule has 1 fully saturated rings. The largest absolute Gasteiger partial charge is 0.369 e. The Morgan fingerprint density at radius 2 is 2.15 bits per heavy atom. The Morgan fingerprint density at radius 3 is 2.78 bits per heavy atom. The summed E-state index contributed by atoms with van der Waals surface area (Å²) in [4.78, 5) is 41.6. The first-order valence-corrected chi connectivity index (χ1v) is 8.93. The highest BCUT2D eigenvalue weighted by atomic mass is 16.2. The van der Waals surface area contributed by atoms with Crippen molar-refractivity contribution in [1.82, 2.24) is 4.90 Å². The molecule has 27 heavy (non-hydrogen) atoms. The molecule has 1 aromatic rings. The predicted octanol–water partition coefficient (Wildman–Crippen LogP) is 1.42. The molecule has 2 aliphatic heterocycles. The number of para-hydroxylation sites is 1. The monoisotopic (exact) mass is 365 g/mol. The van der Waals surface area contributed by atoms with Gasteiger partial charge in [0.2, 0.25) is 11.8 Å². The van der Waals surface area contributed by atoms with Crippen molar-refractivity contribution >= 4 is 23.4 Å². The van der Waals surface area contributed by atoms with E-state index in [1.807, 2.05) is 24.3 Å². The highest BCUT2D eigenvalue weighted by Gasteiger charge is 2.62. The standard InChI is InChI=1S/C21H23N3O3/c1-4-6-11-17(25)24-13-15(19(22)26)18-14-9-7-8-10-16(14)23(12-5-2)20(27)21(18,24)3/h2,4,7-10,15,18H,1,6,11-13H2,3H3,(H2,22,26)/t15-,18+,21-/m0/s1. The minimum atomic E-state index is -1.21. The maximum Gasteiger partial charge on any atom is 0.254 e. The van der Waals surface area contributed by atoms with Crippen LogP contribution in [0.25, 0.3) is 0 Å². The van der Waals surface area contributed by atoms with Crippen molar-refractivity contribution in [3.8, 4) is 12.3 Å². The topological polar surface area (TPSA) is 83.7 Å². The molecule has 0 aromatic heterocycles. The molecule has 3 atom stereocenters. The van der Waals surface area contributed by atoms with Gasteiger partial charge in [0.25, 0.3) is 5.91 Å². The van der Waals surface area contributed by atoms with E-state index >= 15 is 0 Å². The van der Waals surface area contributed by atoms with Gasteiger partial charge in [0.1, 0.15) is 5.54 Å². The number of likely N-dealkylation sites (tertiary alicyclic amines) is 1. The van der Waals surface area contributed by atoms with E-state index in [2.05, 4.69) is 12.5 Å². The lowest BCUT2D eigenvalue weighted by Crippen LogP contribution is -2.61. The quantitative estimate of drug-likeness (QED) is 0.633. The zero-order valence-electron chi connectivity index (χ0n) is 15.4. The molecule has 0 bridgehead atoms. The Kier molecular flexibility index (Phi) is 4.79. The summed E-state index contributed by atoms with van der Waals surface area (Å²) in [7, 11) is 0. The number of nitrogens with zero attached hydrogens (tertiary/aromatic N) is 2. The van der Waals surface area contributed by atoms with Crippen molar-refractivity contribution in [3.63, 3.8) is 0 Å². The normalized spacial score (nSPS) is 26.1. The van der Waals surface area contributed by atoms with Crippen molar-refractivity contribution in [2.24, 2.45) is 11.7 Å². The van der Waals surface area contributed by atoms with Crippen molar-refractivity contribution in [1.29, 1.82) is 0 Å². The van der Waals surface area contributed by atoms with Crippen LogP contribution in [0.1, 0.15) is 31.2 Å². The van der Waals surface area contributed by atoms with Crippen LogP contribution in [0, 0.1) is 18.3 Å². The molecule has 6 nitrogen and oxygen atoms in total. The van der Waals surface area contributed by atoms with Crippen LogP contribution in [0.3, 0.4) is 0 Å². The molecular weight excluding hydrogens is 342 g/mol. The number of hydrogen-bond donors (Lipinski definition) is 1. The SMILES string of the molecule is C#CCN1C(=O)[C@]2(C)[C@H](c3ccccc31)[C@@H](C(N)=O)CN2C(=O)CCC=C. The van der Waals surface area contributed by atoms with Gasteiger partial charge < -0.3 is 10.6 Å². The summed E-state index contributed by atoms with van der Waals surface area (Å²) >= 11 is 0. The van der Waals surface area contributed by atoms with Gasteiger partial charge >= 0.3 is 0 Å². The van der Waals surface area contributed by atoms with Gasteiger partial charge in [-0.15, -0.1) is 13.0 Å². The first-order chi connectivity index (χ1) is 12.9. The molecule has 0 aliphatic carbocycles. The van der Waals surface area contributed by atoms with E-state index in [0.29, 0.717) is 12.1 Å². The van der Waals surface area contributed by atoms with Crippen LogP contribution < -0.4 is 10.6 Å². The van der Waals surface area contributed by atoms with Crippen LogP contribution in [-0.4, -0.2) is 41.2 Å². The molecule has 3 amide bonds. The first kappa shape index (κ1) is 18.7. The number of hydrogen-bond acceptors (Lipinski definition) is 3. The number of carbonyl (C=O) groups is 3. The molecule has 3 rings (SSSR count). The molecule has 6 heteroatoms. The second-order valence-electron chi connectivity index (χ2n) is 7.12. The summed E-state index contributed by atoms with van der Waals surface area (Å²) in [6, 6.07) is 7.36. The van der Waals surface area contributed by atoms with E-state index in [-0.39, 0.29) is 31.3 Å². The fraction of sp³-hybridized carbons (Fsp3) is 0.381. The Balaban J connectivity index is 2.18. The van der Waals surface area contributed by atoms with E-state index in [0.717, 1.165) is 5.56 Å². The zero-order chi connectivity index (χ0) is 19.8. The number of carbonyl (C=O) groups excluding carboxylic acids is 3. The average Bonchev–Trinajstić information content (AvgIpc) is 2.98. The maximum atomic E-state index is 13.5. The molecule has 2 aliphatic rings. The average molecular weight is 365 g/mol.